The number of rotatable bonds is 19. The topological polar surface area (TPSA) is 153 Å². The van der Waals surface area contributed by atoms with Gasteiger partial charge in [0.05, 0.1) is 48.1 Å². The summed E-state index contributed by atoms with van der Waals surface area (Å²) in [5.41, 5.74) is 0.763. The largest absolute Gasteiger partial charge is 0.444 e. The SMILES string of the molecule is C=C([C@@H](NC(=O)OC(C)(C)C)C(C)C)N(C)[C@@H](C)[C@@H](CC(=O)N(CC)[C@@H](C)[C@@H](CC(=O)NCCc1cccc([N+](=O)[O-])c1)OC)OC. The van der Waals surface area contributed by atoms with Gasteiger partial charge in [-0.3, -0.25) is 19.7 Å². The van der Waals surface area contributed by atoms with E-state index < -0.39 is 40.9 Å². The number of carbonyl (C=O) groups is 3. The molecule has 3 amide bonds. The van der Waals surface area contributed by atoms with Crippen molar-refractivity contribution in [3.63, 3.8) is 0 Å². The van der Waals surface area contributed by atoms with Gasteiger partial charge in [-0.1, -0.05) is 32.6 Å². The molecule has 0 saturated heterocycles. The van der Waals surface area contributed by atoms with Crippen LogP contribution < -0.4 is 10.6 Å². The van der Waals surface area contributed by atoms with Crippen LogP contribution in [0.15, 0.2) is 36.5 Å². The molecule has 0 aliphatic carbocycles. The Morgan fingerprint density at radius 2 is 1.62 bits per heavy atom. The summed E-state index contributed by atoms with van der Waals surface area (Å²) in [6, 6.07) is 5.21. The van der Waals surface area contributed by atoms with E-state index in [0.29, 0.717) is 25.2 Å². The van der Waals surface area contributed by atoms with Crippen LogP contribution in [-0.4, -0.2) is 103 Å². The van der Waals surface area contributed by atoms with Crippen LogP contribution in [-0.2, 0) is 30.2 Å². The molecule has 0 fully saturated rings. The summed E-state index contributed by atoms with van der Waals surface area (Å²) in [5, 5.41) is 16.8. The quantitative estimate of drug-likeness (QED) is 0.159. The molecule has 0 bridgehead atoms. The van der Waals surface area contributed by atoms with E-state index in [2.05, 4.69) is 17.2 Å². The molecule has 13 nitrogen and oxygen atoms in total. The maximum atomic E-state index is 13.6. The molecule has 0 aliphatic rings. The van der Waals surface area contributed by atoms with Crippen molar-refractivity contribution in [2.24, 2.45) is 5.92 Å². The first-order valence-electron chi connectivity index (χ1n) is 16.1. The summed E-state index contributed by atoms with van der Waals surface area (Å²) in [5.74, 6) is -0.384. The van der Waals surface area contributed by atoms with Gasteiger partial charge in [-0.15, -0.1) is 0 Å². The molecule has 0 unspecified atom stereocenters. The van der Waals surface area contributed by atoms with Crippen molar-refractivity contribution >= 4 is 23.6 Å². The van der Waals surface area contributed by atoms with Crippen molar-refractivity contribution in [2.45, 2.75) is 111 Å². The fourth-order valence-corrected chi connectivity index (χ4v) is 5.31. The minimum Gasteiger partial charge on any atom is -0.444 e. The molecule has 266 valence electrons. The lowest BCUT2D eigenvalue weighted by Crippen LogP contribution is -2.51. The van der Waals surface area contributed by atoms with Crippen LogP contribution in [0.1, 0.15) is 73.8 Å². The van der Waals surface area contributed by atoms with Crippen molar-refractivity contribution in [3.05, 3.63) is 52.2 Å². The molecule has 0 spiro atoms. The molecule has 47 heavy (non-hydrogen) atoms. The second-order valence-electron chi connectivity index (χ2n) is 13.1. The van der Waals surface area contributed by atoms with E-state index in [1.807, 2.05) is 46.6 Å². The number of hydrogen-bond acceptors (Lipinski definition) is 9. The second kappa shape index (κ2) is 19.2. The molecular weight excluding hydrogens is 606 g/mol. The summed E-state index contributed by atoms with van der Waals surface area (Å²) in [6.45, 7) is 20.0. The smallest absolute Gasteiger partial charge is 0.408 e. The Morgan fingerprint density at radius 1 is 1.02 bits per heavy atom. The molecule has 1 rings (SSSR count). The lowest BCUT2D eigenvalue weighted by molar-refractivity contribution is -0.384. The second-order valence-corrected chi connectivity index (χ2v) is 13.1. The number of nitro groups is 1. The predicted molar refractivity (Wildman–Crippen MR) is 182 cm³/mol. The zero-order valence-corrected chi connectivity index (χ0v) is 30.1. The molecular formula is C34H57N5O8. The van der Waals surface area contributed by atoms with Crippen molar-refractivity contribution in [3.8, 4) is 0 Å². The third-order valence-electron chi connectivity index (χ3n) is 8.22. The van der Waals surface area contributed by atoms with Gasteiger partial charge >= 0.3 is 6.09 Å². The van der Waals surface area contributed by atoms with Crippen LogP contribution in [0.2, 0.25) is 0 Å². The lowest BCUT2D eigenvalue weighted by atomic mass is 9.98. The fourth-order valence-electron chi connectivity index (χ4n) is 5.31. The van der Waals surface area contributed by atoms with E-state index in [-0.39, 0.29) is 42.3 Å². The molecule has 13 heteroatoms. The summed E-state index contributed by atoms with van der Waals surface area (Å²) in [6.07, 6.45) is -1.06. The van der Waals surface area contributed by atoms with Crippen LogP contribution in [0.4, 0.5) is 10.5 Å². The Labute approximate surface area is 280 Å². The maximum absolute atomic E-state index is 13.6. The third-order valence-corrected chi connectivity index (χ3v) is 8.22. The fraction of sp³-hybridized carbons (Fsp3) is 0.676. The monoisotopic (exact) mass is 663 g/mol. The van der Waals surface area contributed by atoms with Gasteiger partial charge in [-0.2, -0.15) is 0 Å². The van der Waals surface area contributed by atoms with Gasteiger partial charge in [0, 0.05) is 52.2 Å². The highest BCUT2D eigenvalue weighted by Crippen LogP contribution is 2.22. The number of nitro benzene ring substituents is 1. The Morgan fingerprint density at radius 3 is 2.13 bits per heavy atom. The van der Waals surface area contributed by atoms with Gasteiger partial charge in [0.25, 0.3) is 5.69 Å². The average molecular weight is 664 g/mol. The number of ether oxygens (including phenoxy) is 3. The normalized spacial score (nSPS) is 14.7. The number of amides is 3. The number of hydrogen-bond donors (Lipinski definition) is 2. The first-order valence-corrected chi connectivity index (χ1v) is 16.1. The van der Waals surface area contributed by atoms with Gasteiger partial charge < -0.3 is 34.6 Å². The highest BCUT2D eigenvalue weighted by Gasteiger charge is 2.33. The van der Waals surface area contributed by atoms with Gasteiger partial charge in [0.2, 0.25) is 11.8 Å². The Balaban J connectivity index is 2.86. The first-order chi connectivity index (χ1) is 21.9. The lowest BCUT2D eigenvalue weighted by Gasteiger charge is -2.39. The summed E-state index contributed by atoms with van der Waals surface area (Å²) in [7, 11) is 4.92. The number of carbonyl (C=O) groups excluding carboxylic acids is 3. The van der Waals surface area contributed by atoms with Crippen molar-refractivity contribution in [1.82, 2.24) is 20.4 Å². The molecule has 0 aliphatic heterocycles. The van der Waals surface area contributed by atoms with Crippen molar-refractivity contribution in [2.75, 3.05) is 34.4 Å². The number of non-ortho nitro benzene ring substituents is 1. The van der Waals surface area contributed by atoms with Crippen LogP contribution in [0, 0.1) is 16.0 Å². The van der Waals surface area contributed by atoms with E-state index in [0.717, 1.165) is 5.56 Å². The van der Waals surface area contributed by atoms with E-state index in [1.54, 1.807) is 44.9 Å². The molecule has 0 saturated carbocycles. The van der Waals surface area contributed by atoms with Crippen LogP contribution in [0.25, 0.3) is 0 Å². The van der Waals surface area contributed by atoms with E-state index in [4.69, 9.17) is 14.2 Å². The number of methoxy groups -OCH3 is 2. The summed E-state index contributed by atoms with van der Waals surface area (Å²) in [4.78, 5) is 53.1. The number of nitrogens with one attached hydrogen (secondary N) is 2. The Hall–Kier alpha value is -3.71. The Bertz CT molecular complexity index is 1200. The summed E-state index contributed by atoms with van der Waals surface area (Å²) < 4.78 is 16.9. The van der Waals surface area contributed by atoms with Crippen molar-refractivity contribution in [1.29, 1.82) is 0 Å². The van der Waals surface area contributed by atoms with Crippen molar-refractivity contribution < 1.29 is 33.5 Å². The highest BCUT2D eigenvalue weighted by molar-refractivity contribution is 5.78. The molecule has 5 atom stereocenters. The predicted octanol–water partition coefficient (Wildman–Crippen LogP) is 4.68. The maximum Gasteiger partial charge on any atom is 0.408 e. The molecule has 2 N–H and O–H groups in total. The van der Waals surface area contributed by atoms with Crippen LogP contribution >= 0.6 is 0 Å². The number of benzene rings is 1. The molecule has 1 aromatic rings. The third kappa shape index (κ3) is 13.5. The van der Waals surface area contributed by atoms with Crippen LogP contribution in [0.5, 0.6) is 0 Å². The van der Waals surface area contributed by atoms with Gasteiger partial charge in [-0.25, -0.2) is 4.79 Å². The molecule has 0 radical (unpaired) electrons. The zero-order chi connectivity index (χ0) is 36.1. The van der Waals surface area contributed by atoms with Gasteiger partial charge in [0.1, 0.15) is 5.60 Å². The average Bonchev–Trinajstić information content (AvgIpc) is 2.99. The highest BCUT2D eigenvalue weighted by atomic mass is 16.6. The first kappa shape index (κ1) is 41.3. The number of likely N-dealkylation sites (N-methyl/N-ethyl adjacent to an activating group) is 2. The van der Waals surface area contributed by atoms with Gasteiger partial charge in [-0.05, 0) is 59.4 Å². The van der Waals surface area contributed by atoms with Gasteiger partial charge in [0.15, 0.2) is 0 Å². The molecule has 0 heterocycles. The zero-order valence-electron chi connectivity index (χ0n) is 30.1. The number of nitrogens with zero attached hydrogens (tertiary/aromatic N) is 3. The van der Waals surface area contributed by atoms with E-state index in [9.17, 15) is 24.5 Å². The Kier molecular flexibility index (Phi) is 16.9. The molecule has 1 aromatic carbocycles. The summed E-state index contributed by atoms with van der Waals surface area (Å²) >= 11 is 0. The minimum atomic E-state index is -0.642. The number of alkyl carbamates (subject to hydrolysis) is 1. The standard InChI is InChI=1S/C34H57N5O8/c1-13-38(24(5)28(45-11)20-30(40)35-18-17-26-15-14-16-27(19-26)39(43)44)31(41)21-29(46-12)23(4)37(10)25(6)32(22(2)3)36-33(42)47-34(7,8)9/h14-16,19,22-24,28-29,32H,6,13,17-18,20-21H2,1-5,7-12H3,(H,35,40)(H,36,42)/t23-,24-,28+,29+,32-/m0/s1. The van der Waals surface area contributed by atoms with E-state index in [1.165, 1.54) is 19.2 Å². The van der Waals surface area contributed by atoms with Crippen LogP contribution in [0.3, 0.4) is 0 Å². The van der Waals surface area contributed by atoms with E-state index >= 15 is 0 Å². The molecule has 0 aromatic heterocycles. The minimum absolute atomic E-state index is 0.00284.